The molecule has 2 aromatic heterocycles. The summed E-state index contributed by atoms with van der Waals surface area (Å²) in [5.74, 6) is 0.471. The highest BCUT2D eigenvalue weighted by atomic mass is 35.5. The standard InChI is InChI=1S/C11H9ClN4/c12-7-5-14-8-3-1-2-6(11(7)8)9-4-10(13)16-15-9/h1-5,14H,(H3,13,15,16). The average molecular weight is 233 g/mol. The van der Waals surface area contributed by atoms with Gasteiger partial charge in [0.1, 0.15) is 5.82 Å². The lowest BCUT2D eigenvalue weighted by Crippen LogP contribution is -1.81. The summed E-state index contributed by atoms with van der Waals surface area (Å²) in [5, 5.41) is 8.47. The number of nitrogens with one attached hydrogen (secondary N) is 2. The van der Waals surface area contributed by atoms with E-state index in [4.69, 9.17) is 17.3 Å². The third-order valence-electron chi connectivity index (χ3n) is 2.55. The van der Waals surface area contributed by atoms with Crippen LogP contribution in [0.2, 0.25) is 5.02 Å². The molecule has 4 nitrogen and oxygen atoms in total. The van der Waals surface area contributed by atoms with Gasteiger partial charge in [-0.2, -0.15) is 5.10 Å². The molecule has 0 atom stereocenters. The fourth-order valence-corrected chi connectivity index (χ4v) is 2.10. The quantitative estimate of drug-likeness (QED) is 0.604. The van der Waals surface area contributed by atoms with Crippen molar-refractivity contribution in [3.8, 4) is 11.3 Å². The van der Waals surface area contributed by atoms with Gasteiger partial charge in [-0.3, -0.25) is 5.10 Å². The van der Waals surface area contributed by atoms with Gasteiger partial charge in [0.2, 0.25) is 0 Å². The van der Waals surface area contributed by atoms with Crippen LogP contribution in [0.3, 0.4) is 0 Å². The second-order valence-corrected chi connectivity index (χ2v) is 3.98. The summed E-state index contributed by atoms with van der Waals surface area (Å²) in [4.78, 5) is 3.11. The van der Waals surface area contributed by atoms with E-state index in [0.717, 1.165) is 22.2 Å². The van der Waals surface area contributed by atoms with E-state index in [0.29, 0.717) is 10.8 Å². The maximum atomic E-state index is 6.14. The highest BCUT2D eigenvalue weighted by Gasteiger charge is 2.10. The molecule has 0 saturated heterocycles. The summed E-state index contributed by atoms with van der Waals surface area (Å²) in [6, 6.07) is 7.71. The van der Waals surface area contributed by atoms with Crippen molar-refractivity contribution in [2.24, 2.45) is 0 Å². The number of nitrogens with two attached hydrogens (primary N) is 1. The van der Waals surface area contributed by atoms with E-state index in [-0.39, 0.29) is 0 Å². The Bertz CT molecular complexity index is 653. The highest BCUT2D eigenvalue weighted by Crippen LogP contribution is 2.32. The van der Waals surface area contributed by atoms with Crippen molar-refractivity contribution in [3.05, 3.63) is 35.5 Å². The molecule has 0 unspecified atom stereocenters. The Balaban J connectivity index is 2.34. The van der Waals surface area contributed by atoms with Crippen LogP contribution >= 0.6 is 11.6 Å². The molecule has 0 fully saturated rings. The number of nitrogen functional groups attached to an aromatic ring is 1. The van der Waals surface area contributed by atoms with Crippen molar-refractivity contribution < 1.29 is 0 Å². The van der Waals surface area contributed by atoms with Gasteiger partial charge in [-0.1, -0.05) is 23.7 Å². The Morgan fingerprint density at radius 2 is 2.19 bits per heavy atom. The van der Waals surface area contributed by atoms with E-state index in [1.165, 1.54) is 0 Å². The van der Waals surface area contributed by atoms with Crippen LogP contribution < -0.4 is 5.73 Å². The first-order chi connectivity index (χ1) is 7.75. The topological polar surface area (TPSA) is 70.5 Å². The van der Waals surface area contributed by atoms with Gasteiger partial charge in [0, 0.05) is 28.7 Å². The summed E-state index contributed by atoms with van der Waals surface area (Å²) in [6.07, 6.45) is 1.77. The zero-order valence-electron chi connectivity index (χ0n) is 8.29. The molecular weight excluding hydrogens is 224 g/mol. The van der Waals surface area contributed by atoms with Crippen molar-refractivity contribution in [1.29, 1.82) is 0 Å². The minimum atomic E-state index is 0.471. The first-order valence-corrected chi connectivity index (χ1v) is 5.20. The van der Waals surface area contributed by atoms with Gasteiger partial charge in [0.25, 0.3) is 0 Å². The molecule has 4 N–H and O–H groups in total. The SMILES string of the molecule is Nc1cc(-c2cccc3[nH]cc(Cl)c23)[nH]n1. The Morgan fingerprint density at radius 3 is 2.94 bits per heavy atom. The molecule has 16 heavy (non-hydrogen) atoms. The maximum Gasteiger partial charge on any atom is 0.145 e. The molecule has 5 heteroatoms. The van der Waals surface area contributed by atoms with E-state index in [1.54, 1.807) is 12.3 Å². The third kappa shape index (κ3) is 1.27. The highest BCUT2D eigenvalue weighted by molar-refractivity contribution is 6.36. The van der Waals surface area contributed by atoms with Gasteiger partial charge < -0.3 is 10.7 Å². The fraction of sp³-hybridized carbons (Fsp3) is 0. The van der Waals surface area contributed by atoms with E-state index in [9.17, 15) is 0 Å². The van der Waals surface area contributed by atoms with E-state index >= 15 is 0 Å². The maximum absolute atomic E-state index is 6.14. The van der Waals surface area contributed by atoms with E-state index in [1.807, 2.05) is 18.2 Å². The lowest BCUT2D eigenvalue weighted by molar-refractivity contribution is 1.10. The van der Waals surface area contributed by atoms with Gasteiger partial charge in [-0.05, 0) is 6.07 Å². The smallest absolute Gasteiger partial charge is 0.145 e. The van der Waals surface area contributed by atoms with E-state index < -0.39 is 0 Å². The lowest BCUT2D eigenvalue weighted by atomic mass is 10.1. The van der Waals surface area contributed by atoms with Crippen LogP contribution in [0.25, 0.3) is 22.2 Å². The first kappa shape index (κ1) is 9.30. The Morgan fingerprint density at radius 1 is 1.31 bits per heavy atom. The molecule has 0 saturated carbocycles. The molecule has 0 aliphatic heterocycles. The number of aromatic amines is 2. The van der Waals surface area contributed by atoms with Crippen LogP contribution in [0, 0.1) is 0 Å². The summed E-state index contributed by atoms with van der Waals surface area (Å²) in [7, 11) is 0. The number of benzene rings is 1. The average Bonchev–Trinajstić information content (AvgIpc) is 2.86. The molecular formula is C11H9ClN4. The molecule has 1 aromatic carbocycles. The zero-order valence-corrected chi connectivity index (χ0v) is 9.05. The van der Waals surface area contributed by atoms with Crippen LogP contribution in [-0.4, -0.2) is 15.2 Å². The molecule has 0 spiro atoms. The van der Waals surface area contributed by atoms with Gasteiger partial charge in [0.05, 0.1) is 10.7 Å². The first-order valence-electron chi connectivity index (χ1n) is 4.82. The Kier molecular flexibility index (Phi) is 1.91. The number of hydrogen-bond acceptors (Lipinski definition) is 2. The molecule has 3 rings (SSSR count). The molecule has 80 valence electrons. The van der Waals surface area contributed by atoms with Crippen molar-refractivity contribution in [3.63, 3.8) is 0 Å². The molecule has 0 amide bonds. The molecule has 3 aromatic rings. The molecule has 0 bridgehead atoms. The number of hydrogen-bond donors (Lipinski definition) is 3. The zero-order chi connectivity index (χ0) is 11.1. The number of fused-ring (bicyclic) bond motifs is 1. The normalized spacial score (nSPS) is 11.1. The van der Waals surface area contributed by atoms with Crippen molar-refractivity contribution in [2.75, 3.05) is 5.73 Å². The van der Waals surface area contributed by atoms with E-state index in [2.05, 4.69) is 15.2 Å². The number of rotatable bonds is 1. The van der Waals surface area contributed by atoms with Crippen molar-refractivity contribution in [2.45, 2.75) is 0 Å². The Labute approximate surface area is 96.4 Å². The number of halogens is 1. The third-order valence-corrected chi connectivity index (χ3v) is 2.84. The summed E-state index contributed by atoms with van der Waals surface area (Å²) < 4.78 is 0. The number of anilines is 1. The van der Waals surface area contributed by atoms with Crippen LogP contribution in [0.15, 0.2) is 30.5 Å². The largest absolute Gasteiger partial charge is 0.382 e. The van der Waals surface area contributed by atoms with Gasteiger partial charge in [0.15, 0.2) is 0 Å². The fourth-order valence-electron chi connectivity index (χ4n) is 1.84. The lowest BCUT2D eigenvalue weighted by Gasteiger charge is -2.00. The summed E-state index contributed by atoms with van der Waals surface area (Å²) >= 11 is 6.14. The minimum Gasteiger partial charge on any atom is -0.382 e. The second kappa shape index (κ2) is 3.28. The van der Waals surface area contributed by atoms with Gasteiger partial charge in [-0.25, -0.2) is 0 Å². The molecule has 2 heterocycles. The second-order valence-electron chi connectivity index (χ2n) is 3.57. The van der Waals surface area contributed by atoms with Crippen LogP contribution in [0.1, 0.15) is 0 Å². The number of aromatic nitrogens is 3. The summed E-state index contributed by atoms with van der Waals surface area (Å²) in [6.45, 7) is 0. The molecule has 0 aliphatic carbocycles. The van der Waals surface area contributed by atoms with Gasteiger partial charge in [-0.15, -0.1) is 0 Å². The number of H-pyrrole nitrogens is 2. The molecule has 0 radical (unpaired) electrons. The van der Waals surface area contributed by atoms with Crippen molar-refractivity contribution in [1.82, 2.24) is 15.2 Å². The molecule has 0 aliphatic rings. The predicted molar refractivity (Wildman–Crippen MR) is 65.3 cm³/mol. The summed E-state index contributed by atoms with van der Waals surface area (Å²) in [5.41, 5.74) is 8.45. The predicted octanol–water partition coefficient (Wildman–Crippen LogP) is 2.79. The van der Waals surface area contributed by atoms with Crippen LogP contribution in [-0.2, 0) is 0 Å². The number of nitrogens with zero attached hydrogens (tertiary/aromatic N) is 1. The van der Waals surface area contributed by atoms with Gasteiger partial charge >= 0.3 is 0 Å². The van der Waals surface area contributed by atoms with Crippen molar-refractivity contribution >= 4 is 28.3 Å². The Hall–Kier alpha value is -1.94. The van der Waals surface area contributed by atoms with Crippen LogP contribution in [0.4, 0.5) is 5.82 Å². The minimum absolute atomic E-state index is 0.471. The van der Waals surface area contributed by atoms with Crippen LogP contribution in [0.5, 0.6) is 0 Å². The monoisotopic (exact) mass is 232 g/mol.